The van der Waals surface area contributed by atoms with E-state index < -0.39 is 12.1 Å². The van der Waals surface area contributed by atoms with Crippen LogP contribution < -0.4 is 5.32 Å². The number of carbonyl (C=O) groups is 2. The lowest BCUT2D eigenvalue weighted by Crippen LogP contribution is -2.45. The lowest BCUT2D eigenvalue weighted by molar-refractivity contribution is -0.143. The number of unbranched alkanes of at least 4 members (excludes halogenated alkanes) is 60. The maximum atomic E-state index is 12.5. The summed E-state index contributed by atoms with van der Waals surface area (Å²) in [5.41, 5.74) is 0. The molecule has 0 aliphatic carbocycles. The van der Waals surface area contributed by atoms with Crippen LogP contribution in [0.5, 0.6) is 0 Å². The minimum Gasteiger partial charge on any atom is -0.466 e. The Bertz CT molecular complexity index is 1160. The number of carbonyl (C=O) groups excluding carboxylic acids is 2. The lowest BCUT2D eigenvalue weighted by Gasteiger charge is -2.22. The number of rotatable bonds is 71. The molecule has 0 aromatic heterocycles. The van der Waals surface area contributed by atoms with Crippen molar-refractivity contribution in [3.63, 3.8) is 0 Å². The van der Waals surface area contributed by atoms with E-state index in [1.807, 2.05) is 0 Å². The van der Waals surface area contributed by atoms with Crippen LogP contribution in [0.4, 0.5) is 0 Å². The molecule has 6 heteroatoms. The molecule has 3 N–H and O–H groups in total. The number of hydrogen-bond acceptors (Lipinski definition) is 5. The molecular formula is C74H147NO5. The van der Waals surface area contributed by atoms with Gasteiger partial charge in [-0.15, -0.1) is 0 Å². The first-order chi connectivity index (χ1) is 39.5. The minimum atomic E-state index is -0.657. The second kappa shape index (κ2) is 70.3. The minimum absolute atomic E-state index is 0.0280. The molecular weight excluding hydrogens is 983 g/mol. The van der Waals surface area contributed by atoms with Crippen molar-refractivity contribution in [3.05, 3.63) is 0 Å². The fraction of sp³-hybridized carbons (Fsp3) is 0.973. The topological polar surface area (TPSA) is 95.9 Å². The van der Waals surface area contributed by atoms with Gasteiger partial charge in [-0.3, -0.25) is 9.59 Å². The van der Waals surface area contributed by atoms with Crippen molar-refractivity contribution in [1.82, 2.24) is 5.32 Å². The van der Waals surface area contributed by atoms with Gasteiger partial charge in [0.15, 0.2) is 0 Å². The molecule has 0 rings (SSSR count). The van der Waals surface area contributed by atoms with E-state index in [0.29, 0.717) is 25.9 Å². The van der Waals surface area contributed by atoms with Crippen molar-refractivity contribution < 1.29 is 24.5 Å². The predicted octanol–water partition coefficient (Wildman–Crippen LogP) is 24.2. The summed E-state index contributed by atoms with van der Waals surface area (Å²) in [7, 11) is 0. The summed E-state index contributed by atoms with van der Waals surface area (Å²) < 4.78 is 5.51. The zero-order valence-electron chi connectivity index (χ0n) is 54.9. The maximum absolute atomic E-state index is 12.5. The third-order valence-electron chi connectivity index (χ3n) is 17.9. The summed E-state index contributed by atoms with van der Waals surface area (Å²) in [5.74, 6) is -0.000153. The largest absolute Gasteiger partial charge is 0.466 e. The third-order valence-corrected chi connectivity index (χ3v) is 17.9. The van der Waals surface area contributed by atoms with E-state index >= 15 is 0 Å². The quantitative estimate of drug-likeness (QED) is 0.0417. The van der Waals surface area contributed by atoms with Gasteiger partial charge in [0.2, 0.25) is 5.91 Å². The SMILES string of the molecule is CCCCCCCCCCCCCCCCCCC(=O)OCCCCCCCCCCCCCCCCCCCCCCCCCCCCCCCCCCCCCCCC(=O)NC(CO)C(O)CCCCCCCCCCCC. The van der Waals surface area contributed by atoms with Gasteiger partial charge in [0, 0.05) is 12.8 Å². The van der Waals surface area contributed by atoms with E-state index in [-0.39, 0.29) is 18.5 Å². The molecule has 0 heterocycles. The predicted molar refractivity (Wildman–Crippen MR) is 352 cm³/mol. The number of nitrogens with one attached hydrogen (secondary N) is 1. The summed E-state index contributed by atoms with van der Waals surface area (Å²) in [6.45, 7) is 4.99. The van der Waals surface area contributed by atoms with Gasteiger partial charge in [-0.05, 0) is 25.7 Å². The monoisotopic (exact) mass is 1130 g/mol. The average molecular weight is 1130 g/mol. The molecule has 0 spiro atoms. The molecule has 0 aromatic rings. The molecule has 0 saturated carbocycles. The van der Waals surface area contributed by atoms with Gasteiger partial charge in [-0.25, -0.2) is 0 Å². The van der Waals surface area contributed by atoms with Crippen LogP contribution in [-0.2, 0) is 14.3 Å². The van der Waals surface area contributed by atoms with Crippen LogP contribution in [0.15, 0.2) is 0 Å². The molecule has 80 heavy (non-hydrogen) atoms. The van der Waals surface area contributed by atoms with Gasteiger partial charge in [-0.2, -0.15) is 0 Å². The van der Waals surface area contributed by atoms with Gasteiger partial charge in [0.25, 0.3) is 0 Å². The second-order valence-corrected chi connectivity index (χ2v) is 26.0. The first-order valence-corrected chi connectivity index (χ1v) is 37.3. The molecule has 0 fully saturated rings. The maximum Gasteiger partial charge on any atom is 0.305 e. The Morgan fingerprint density at radius 3 is 0.762 bits per heavy atom. The molecule has 2 atom stereocenters. The molecule has 0 bridgehead atoms. The molecule has 0 radical (unpaired) electrons. The summed E-state index contributed by atoms with van der Waals surface area (Å²) in [6.07, 6.45) is 86.3. The molecule has 1 amide bonds. The van der Waals surface area contributed by atoms with Gasteiger partial charge < -0.3 is 20.3 Å². The molecule has 0 aliphatic rings. The van der Waals surface area contributed by atoms with Gasteiger partial charge in [0.05, 0.1) is 25.4 Å². The van der Waals surface area contributed by atoms with Crippen LogP contribution >= 0.6 is 0 Å². The molecule has 0 aromatic carbocycles. The number of ether oxygens (including phenoxy) is 1. The van der Waals surface area contributed by atoms with E-state index in [9.17, 15) is 19.8 Å². The first-order valence-electron chi connectivity index (χ1n) is 37.3. The van der Waals surface area contributed by atoms with Gasteiger partial charge in [0.1, 0.15) is 0 Å². The Hall–Kier alpha value is -1.14. The molecule has 0 aliphatic heterocycles. The standard InChI is InChI=1S/C74H147NO5/c1-3-5-7-9-11-13-15-16-17-42-45-48-52-56-60-64-68-74(79)80-69-65-61-57-53-49-46-43-40-38-36-34-32-30-28-26-24-22-20-18-19-21-23-25-27-29-31-33-35-37-39-41-44-47-51-55-59-63-67-73(78)75-71(70-76)72(77)66-62-58-54-50-14-12-10-8-6-4-2/h71-72,76-77H,3-70H2,1-2H3,(H,75,78). The van der Waals surface area contributed by atoms with Crippen molar-refractivity contribution in [2.45, 2.75) is 450 Å². The Morgan fingerprint density at radius 1 is 0.300 bits per heavy atom. The zero-order valence-corrected chi connectivity index (χ0v) is 54.9. The smallest absolute Gasteiger partial charge is 0.305 e. The van der Waals surface area contributed by atoms with E-state index in [1.54, 1.807) is 0 Å². The summed E-state index contributed by atoms with van der Waals surface area (Å²) in [5, 5.41) is 23.2. The normalized spacial score (nSPS) is 12.4. The highest BCUT2D eigenvalue weighted by molar-refractivity contribution is 5.76. The van der Waals surface area contributed by atoms with E-state index in [4.69, 9.17) is 4.74 Å². The number of aliphatic hydroxyl groups is 2. The number of aliphatic hydroxyl groups excluding tert-OH is 2. The van der Waals surface area contributed by atoms with Crippen LogP contribution in [-0.4, -0.2) is 47.4 Å². The summed E-state index contributed by atoms with van der Waals surface area (Å²) in [6, 6.07) is -0.534. The van der Waals surface area contributed by atoms with Gasteiger partial charge in [-0.1, -0.05) is 399 Å². The van der Waals surface area contributed by atoms with Crippen LogP contribution in [0.25, 0.3) is 0 Å². The summed E-state index contributed by atoms with van der Waals surface area (Å²) >= 11 is 0. The van der Waals surface area contributed by atoms with Crippen molar-refractivity contribution >= 4 is 11.9 Å². The third kappa shape index (κ3) is 66.0. The average Bonchev–Trinajstić information content (AvgIpc) is 3.46. The van der Waals surface area contributed by atoms with Crippen LogP contribution in [0.3, 0.4) is 0 Å². The van der Waals surface area contributed by atoms with Crippen molar-refractivity contribution in [2.75, 3.05) is 13.2 Å². The van der Waals surface area contributed by atoms with E-state index in [2.05, 4.69) is 19.2 Å². The highest BCUT2D eigenvalue weighted by Gasteiger charge is 2.20. The Balaban J connectivity index is 3.25. The number of esters is 1. The Kier molecular flexibility index (Phi) is 69.3. The van der Waals surface area contributed by atoms with Gasteiger partial charge >= 0.3 is 5.97 Å². The summed E-state index contributed by atoms with van der Waals surface area (Å²) in [4.78, 5) is 24.5. The number of amides is 1. The van der Waals surface area contributed by atoms with Crippen LogP contribution in [0, 0.1) is 0 Å². The van der Waals surface area contributed by atoms with E-state index in [0.717, 1.165) is 38.5 Å². The molecule has 2 unspecified atom stereocenters. The van der Waals surface area contributed by atoms with Crippen LogP contribution in [0.2, 0.25) is 0 Å². The first kappa shape index (κ1) is 78.9. The van der Waals surface area contributed by atoms with Crippen molar-refractivity contribution in [3.8, 4) is 0 Å². The Labute approximate surface area is 502 Å². The lowest BCUT2D eigenvalue weighted by atomic mass is 10.0. The van der Waals surface area contributed by atoms with Crippen molar-refractivity contribution in [2.24, 2.45) is 0 Å². The fourth-order valence-electron chi connectivity index (χ4n) is 12.2. The highest BCUT2D eigenvalue weighted by atomic mass is 16.5. The second-order valence-electron chi connectivity index (χ2n) is 26.0. The molecule has 478 valence electrons. The molecule has 6 nitrogen and oxygen atoms in total. The fourth-order valence-corrected chi connectivity index (χ4v) is 12.2. The van der Waals surface area contributed by atoms with Crippen molar-refractivity contribution in [1.29, 1.82) is 0 Å². The van der Waals surface area contributed by atoms with Crippen LogP contribution in [0.1, 0.15) is 438 Å². The Morgan fingerprint density at radius 2 is 0.512 bits per heavy atom. The zero-order chi connectivity index (χ0) is 57.8. The van der Waals surface area contributed by atoms with E-state index in [1.165, 1.54) is 366 Å². The number of hydrogen-bond donors (Lipinski definition) is 3. The highest BCUT2D eigenvalue weighted by Crippen LogP contribution is 2.20. The molecule has 0 saturated heterocycles.